The van der Waals surface area contributed by atoms with Gasteiger partial charge in [0.1, 0.15) is 0 Å². The van der Waals surface area contributed by atoms with Crippen molar-refractivity contribution in [2.24, 2.45) is 0 Å². The van der Waals surface area contributed by atoms with Crippen LogP contribution in [0, 0.1) is 0 Å². The lowest BCUT2D eigenvalue weighted by atomic mass is 10.1. The molecule has 1 atom stereocenters. The first kappa shape index (κ1) is 15.7. The van der Waals surface area contributed by atoms with Crippen LogP contribution in [0.1, 0.15) is 31.0 Å². The van der Waals surface area contributed by atoms with Crippen LogP contribution in [0.4, 0.5) is 5.69 Å². The second-order valence-electron chi connectivity index (χ2n) is 4.96. The molecule has 0 saturated heterocycles. The number of hydrogen-bond acceptors (Lipinski definition) is 2. The van der Waals surface area contributed by atoms with E-state index in [1.54, 1.807) is 0 Å². The summed E-state index contributed by atoms with van der Waals surface area (Å²) in [7, 11) is 0. The van der Waals surface area contributed by atoms with Gasteiger partial charge in [-0.05, 0) is 30.2 Å². The van der Waals surface area contributed by atoms with Crippen LogP contribution in [0.3, 0.4) is 0 Å². The highest BCUT2D eigenvalue weighted by atomic mass is 79.9. The third kappa shape index (κ3) is 4.41. The van der Waals surface area contributed by atoms with Crippen molar-refractivity contribution in [2.75, 3.05) is 5.32 Å². The van der Waals surface area contributed by atoms with E-state index in [4.69, 9.17) is 0 Å². The van der Waals surface area contributed by atoms with Crippen molar-refractivity contribution in [3.05, 3.63) is 64.1 Å². The summed E-state index contributed by atoms with van der Waals surface area (Å²) in [6, 6.07) is 16.2. The van der Waals surface area contributed by atoms with Crippen molar-refractivity contribution in [2.45, 2.75) is 26.4 Å². The zero-order chi connectivity index (χ0) is 15.2. The van der Waals surface area contributed by atoms with E-state index in [-0.39, 0.29) is 11.9 Å². The SMILES string of the molecule is CC(=O)Nc1ccccc1CN[C@@H](C)c1ccccc1Br. The summed E-state index contributed by atoms with van der Waals surface area (Å²) in [5.41, 5.74) is 3.15. The maximum absolute atomic E-state index is 11.2. The van der Waals surface area contributed by atoms with E-state index in [9.17, 15) is 4.79 Å². The van der Waals surface area contributed by atoms with Crippen molar-refractivity contribution < 1.29 is 4.79 Å². The maximum atomic E-state index is 11.2. The summed E-state index contributed by atoms with van der Waals surface area (Å²) in [6.07, 6.45) is 0. The molecule has 0 spiro atoms. The van der Waals surface area contributed by atoms with Gasteiger partial charge in [-0.25, -0.2) is 0 Å². The molecule has 2 aromatic carbocycles. The zero-order valence-corrected chi connectivity index (χ0v) is 13.8. The molecule has 4 heteroatoms. The molecule has 0 unspecified atom stereocenters. The second kappa shape index (κ2) is 7.38. The maximum Gasteiger partial charge on any atom is 0.221 e. The van der Waals surface area contributed by atoms with E-state index >= 15 is 0 Å². The van der Waals surface area contributed by atoms with Crippen LogP contribution in [0.2, 0.25) is 0 Å². The number of para-hydroxylation sites is 1. The van der Waals surface area contributed by atoms with Crippen LogP contribution in [0.25, 0.3) is 0 Å². The van der Waals surface area contributed by atoms with Crippen LogP contribution >= 0.6 is 15.9 Å². The van der Waals surface area contributed by atoms with E-state index in [1.807, 2.05) is 42.5 Å². The average molecular weight is 347 g/mol. The van der Waals surface area contributed by atoms with Gasteiger partial charge in [-0.1, -0.05) is 52.3 Å². The first-order valence-electron chi connectivity index (χ1n) is 6.91. The van der Waals surface area contributed by atoms with Crippen LogP contribution in [0.5, 0.6) is 0 Å². The quantitative estimate of drug-likeness (QED) is 0.849. The lowest BCUT2D eigenvalue weighted by molar-refractivity contribution is -0.114. The normalized spacial score (nSPS) is 12.0. The molecular weight excluding hydrogens is 328 g/mol. The molecule has 0 heterocycles. The lowest BCUT2D eigenvalue weighted by Gasteiger charge is -2.17. The first-order valence-corrected chi connectivity index (χ1v) is 7.70. The summed E-state index contributed by atoms with van der Waals surface area (Å²) in [6.45, 7) is 4.34. The van der Waals surface area contributed by atoms with E-state index in [2.05, 4.69) is 39.6 Å². The van der Waals surface area contributed by atoms with E-state index in [0.29, 0.717) is 6.54 Å². The largest absolute Gasteiger partial charge is 0.326 e. The smallest absolute Gasteiger partial charge is 0.221 e. The predicted molar refractivity (Wildman–Crippen MR) is 90.1 cm³/mol. The third-order valence-electron chi connectivity index (χ3n) is 3.30. The average Bonchev–Trinajstić information content (AvgIpc) is 2.46. The molecule has 0 aliphatic rings. The highest BCUT2D eigenvalue weighted by Gasteiger charge is 2.09. The fraction of sp³-hybridized carbons (Fsp3) is 0.235. The Morgan fingerprint density at radius 1 is 1.14 bits per heavy atom. The molecule has 21 heavy (non-hydrogen) atoms. The molecule has 1 amide bonds. The summed E-state index contributed by atoms with van der Waals surface area (Å²) in [4.78, 5) is 11.2. The first-order chi connectivity index (χ1) is 10.1. The minimum atomic E-state index is -0.0543. The molecule has 0 fully saturated rings. The lowest BCUT2D eigenvalue weighted by Crippen LogP contribution is -2.19. The fourth-order valence-corrected chi connectivity index (χ4v) is 2.81. The monoisotopic (exact) mass is 346 g/mol. The molecule has 2 rings (SSSR count). The van der Waals surface area contributed by atoms with Gasteiger partial charge in [0.05, 0.1) is 0 Å². The summed E-state index contributed by atoms with van der Waals surface area (Å²) in [5.74, 6) is -0.0543. The van der Waals surface area contributed by atoms with Crippen LogP contribution in [-0.4, -0.2) is 5.91 Å². The Balaban J connectivity index is 2.06. The van der Waals surface area contributed by atoms with Gasteiger partial charge in [0.25, 0.3) is 0 Å². The van der Waals surface area contributed by atoms with Crippen molar-refractivity contribution in [3.8, 4) is 0 Å². The van der Waals surface area contributed by atoms with E-state index < -0.39 is 0 Å². The summed E-state index contributed by atoms with van der Waals surface area (Å²) in [5, 5.41) is 6.35. The van der Waals surface area contributed by atoms with Crippen molar-refractivity contribution in [3.63, 3.8) is 0 Å². The molecule has 110 valence electrons. The molecule has 0 aliphatic heterocycles. The number of benzene rings is 2. The fourth-order valence-electron chi connectivity index (χ4n) is 2.19. The Labute approximate surface area is 133 Å². The molecule has 2 aromatic rings. The number of rotatable bonds is 5. The van der Waals surface area contributed by atoms with Gasteiger partial charge in [-0.15, -0.1) is 0 Å². The highest BCUT2D eigenvalue weighted by Crippen LogP contribution is 2.23. The third-order valence-corrected chi connectivity index (χ3v) is 4.02. The van der Waals surface area contributed by atoms with E-state index in [1.165, 1.54) is 12.5 Å². The summed E-state index contributed by atoms with van der Waals surface area (Å²) < 4.78 is 1.10. The Hall–Kier alpha value is -1.65. The van der Waals surface area contributed by atoms with Gasteiger partial charge < -0.3 is 10.6 Å². The Morgan fingerprint density at radius 2 is 1.81 bits per heavy atom. The Kier molecular flexibility index (Phi) is 5.53. The van der Waals surface area contributed by atoms with Crippen molar-refractivity contribution in [1.29, 1.82) is 0 Å². The van der Waals surface area contributed by atoms with Gasteiger partial charge >= 0.3 is 0 Å². The minimum absolute atomic E-state index is 0.0543. The Morgan fingerprint density at radius 3 is 2.52 bits per heavy atom. The van der Waals surface area contributed by atoms with Crippen molar-refractivity contribution in [1.82, 2.24) is 5.32 Å². The molecule has 3 nitrogen and oxygen atoms in total. The van der Waals surface area contributed by atoms with Gasteiger partial charge in [-0.2, -0.15) is 0 Å². The number of carbonyl (C=O) groups is 1. The van der Waals surface area contributed by atoms with Crippen LogP contribution in [0.15, 0.2) is 53.0 Å². The number of halogens is 1. The second-order valence-corrected chi connectivity index (χ2v) is 5.82. The van der Waals surface area contributed by atoms with E-state index in [0.717, 1.165) is 15.7 Å². The minimum Gasteiger partial charge on any atom is -0.326 e. The van der Waals surface area contributed by atoms with Gasteiger partial charge in [0.2, 0.25) is 5.91 Å². The number of hydrogen-bond donors (Lipinski definition) is 2. The molecule has 0 aromatic heterocycles. The predicted octanol–water partition coefficient (Wildman–Crippen LogP) is 4.26. The molecular formula is C17H19BrN2O. The Bertz CT molecular complexity index is 628. The molecule has 0 aliphatic carbocycles. The van der Waals surface area contributed by atoms with Gasteiger partial charge in [0, 0.05) is 29.7 Å². The van der Waals surface area contributed by atoms with Crippen molar-refractivity contribution >= 4 is 27.5 Å². The number of carbonyl (C=O) groups excluding carboxylic acids is 1. The molecule has 0 saturated carbocycles. The number of nitrogens with one attached hydrogen (secondary N) is 2. The highest BCUT2D eigenvalue weighted by molar-refractivity contribution is 9.10. The summed E-state index contributed by atoms with van der Waals surface area (Å²) >= 11 is 3.57. The van der Waals surface area contributed by atoms with Crippen LogP contribution in [-0.2, 0) is 11.3 Å². The molecule has 2 N–H and O–H groups in total. The molecule has 0 radical (unpaired) electrons. The standard InChI is InChI=1S/C17H19BrN2O/c1-12(15-8-4-5-9-16(15)18)19-11-14-7-3-6-10-17(14)20-13(2)21/h3-10,12,19H,11H2,1-2H3,(H,20,21)/t12-/m0/s1. The van der Waals surface area contributed by atoms with Gasteiger partial charge in [-0.3, -0.25) is 4.79 Å². The zero-order valence-electron chi connectivity index (χ0n) is 12.2. The molecule has 0 bridgehead atoms. The number of amides is 1. The van der Waals surface area contributed by atoms with Gasteiger partial charge in [0.15, 0.2) is 0 Å². The van der Waals surface area contributed by atoms with Crippen LogP contribution < -0.4 is 10.6 Å². The number of anilines is 1. The topological polar surface area (TPSA) is 41.1 Å².